The lowest BCUT2D eigenvalue weighted by molar-refractivity contribution is 0.0692. The Hall–Kier alpha value is -3.96. The Bertz CT molecular complexity index is 1330. The summed E-state index contributed by atoms with van der Waals surface area (Å²) in [6.45, 7) is 2.77. The van der Waals surface area contributed by atoms with Crippen LogP contribution in [0.15, 0.2) is 54.2 Å². The quantitative estimate of drug-likeness (QED) is 0.394. The molecule has 0 atom stereocenters. The van der Waals surface area contributed by atoms with Crippen molar-refractivity contribution in [1.82, 2.24) is 9.97 Å². The molecule has 2 aromatic carbocycles. The number of benzene rings is 2. The van der Waals surface area contributed by atoms with E-state index >= 15 is 0 Å². The summed E-state index contributed by atoms with van der Waals surface area (Å²) >= 11 is 1.63. The second-order valence-electron chi connectivity index (χ2n) is 6.99. The molecule has 2 aromatic heterocycles. The fourth-order valence-corrected chi connectivity index (χ4v) is 4.25. The third kappa shape index (κ3) is 4.53. The lowest BCUT2D eigenvalue weighted by Crippen LogP contribution is -2.08. The van der Waals surface area contributed by atoms with E-state index in [1.54, 1.807) is 36.5 Å². The molecule has 0 amide bonds. The first kappa shape index (κ1) is 21.3. The van der Waals surface area contributed by atoms with Crippen molar-refractivity contribution >= 4 is 33.2 Å². The molecule has 32 heavy (non-hydrogen) atoms. The Morgan fingerprint density at radius 2 is 2.09 bits per heavy atom. The molecule has 0 spiro atoms. The summed E-state index contributed by atoms with van der Waals surface area (Å²) in [5.74, 6) is -0.0914. The third-order valence-electron chi connectivity index (χ3n) is 4.97. The number of nitrogens with one attached hydrogen (secondary N) is 1. The Kier molecular flexibility index (Phi) is 6.29. The van der Waals surface area contributed by atoms with Crippen LogP contribution >= 0.6 is 11.3 Å². The number of ether oxygens (including phenoxy) is 1. The average Bonchev–Trinajstić information content (AvgIpc) is 3.26. The van der Waals surface area contributed by atoms with Crippen LogP contribution in [0.3, 0.4) is 0 Å². The van der Waals surface area contributed by atoms with Gasteiger partial charge < -0.3 is 15.2 Å². The van der Waals surface area contributed by atoms with Crippen LogP contribution in [0.4, 0.5) is 5.82 Å². The van der Waals surface area contributed by atoms with E-state index in [1.165, 1.54) is 12.4 Å². The van der Waals surface area contributed by atoms with Gasteiger partial charge in [0.15, 0.2) is 0 Å². The smallest absolute Gasteiger partial charge is 0.339 e. The fraction of sp³-hybridized carbons (Fsp3) is 0.167. The maximum Gasteiger partial charge on any atom is 0.339 e. The van der Waals surface area contributed by atoms with Crippen molar-refractivity contribution in [2.24, 2.45) is 0 Å². The average molecular weight is 445 g/mol. The Morgan fingerprint density at radius 3 is 2.88 bits per heavy atom. The Balaban J connectivity index is 1.50. The van der Waals surface area contributed by atoms with Crippen molar-refractivity contribution in [3.63, 3.8) is 0 Å². The lowest BCUT2D eigenvalue weighted by atomic mass is 10.0. The van der Waals surface area contributed by atoms with Gasteiger partial charge in [0.1, 0.15) is 23.5 Å². The minimum atomic E-state index is -1.04. The number of nitriles is 1. The summed E-state index contributed by atoms with van der Waals surface area (Å²) in [5, 5.41) is 25.3. The number of anilines is 1. The molecule has 2 heterocycles. The molecule has 4 aromatic rings. The summed E-state index contributed by atoms with van der Waals surface area (Å²) in [7, 11) is 0. The molecule has 0 saturated heterocycles. The number of aromatic carboxylic acids is 1. The Labute approximate surface area is 189 Å². The molecule has 160 valence electrons. The standard InChI is InChI=1S/C24H20N4O3S/c1-2-31-21-10-16(3-4-19(21)24(29)30)20-12-23(28-14-27-20)26-7-5-15-9-17-6-8-32-22(17)11-18(15)13-25/h3-4,6,8-12,14H,2,5,7H2,1H3,(H,29,30)(H,26,27,28). The highest BCUT2D eigenvalue weighted by Crippen LogP contribution is 2.28. The molecule has 0 aliphatic heterocycles. The van der Waals surface area contributed by atoms with Crippen LogP contribution in [0.2, 0.25) is 0 Å². The van der Waals surface area contributed by atoms with E-state index in [-0.39, 0.29) is 5.56 Å². The van der Waals surface area contributed by atoms with Gasteiger partial charge in [-0.05, 0) is 60.0 Å². The molecule has 0 radical (unpaired) electrons. The predicted molar refractivity (Wildman–Crippen MR) is 124 cm³/mol. The number of carbonyl (C=O) groups is 1. The van der Waals surface area contributed by atoms with Gasteiger partial charge in [-0.3, -0.25) is 0 Å². The number of carboxylic acids is 1. The van der Waals surface area contributed by atoms with Gasteiger partial charge >= 0.3 is 5.97 Å². The molecule has 0 fully saturated rings. The largest absolute Gasteiger partial charge is 0.493 e. The summed E-state index contributed by atoms with van der Waals surface area (Å²) in [6.07, 6.45) is 2.14. The number of nitrogens with zero attached hydrogens (tertiary/aromatic N) is 3. The number of thiophene rings is 1. The van der Waals surface area contributed by atoms with Gasteiger partial charge in [-0.2, -0.15) is 5.26 Å². The highest BCUT2D eigenvalue weighted by atomic mass is 32.1. The van der Waals surface area contributed by atoms with Crippen molar-refractivity contribution in [3.05, 3.63) is 70.9 Å². The van der Waals surface area contributed by atoms with Crippen LogP contribution < -0.4 is 10.1 Å². The van der Waals surface area contributed by atoms with Crippen molar-refractivity contribution in [2.75, 3.05) is 18.5 Å². The monoisotopic (exact) mass is 444 g/mol. The van der Waals surface area contributed by atoms with Gasteiger partial charge in [0.25, 0.3) is 0 Å². The highest BCUT2D eigenvalue weighted by molar-refractivity contribution is 7.17. The van der Waals surface area contributed by atoms with E-state index in [2.05, 4.69) is 33.5 Å². The van der Waals surface area contributed by atoms with Crippen LogP contribution in [0.25, 0.3) is 21.3 Å². The minimum absolute atomic E-state index is 0.110. The number of carboxylic acid groups (broad SMARTS) is 1. The van der Waals surface area contributed by atoms with Gasteiger partial charge in [-0.25, -0.2) is 14.8 Å². The normalized spacial score (nSPS) is 10.6. The van der Waals surface area contributed by atoms with Crippen LogP contribution in [-0.2, 0) is 6.42 Å². The molecule has 0 aliphatic rings. The van der Waals surface area contributed by atoms with Crippen molar-refractivity contribution in [2.45, 2.75) is 13.3 Å². The van der Waals surface area contributed by atoms with Gasteiger partial charge in [0.05, 0.1) is 23.9 Å². The van der Waals surface area contributed by atoms with E-state index < -0.39 is 5.97 Å². The molecule has 0 bridgehead atoms. The van der Waals surface area contributed by atoms with Crippen LogP contribution in [-0.4, -0.2) is 34.2 Å². The molecule has 8 heteroatoms. The zero-order valence-electron chi connectivity index (χ0n) is 17.3. The second kappa shape index (κ2) is 9.45. The number of hydrogen-bond acceptors (Lipinski definition) is 7. The molecule has 0 unspecified atom stereocenters. The van der Waals surface area contributed by atoms with Crippen LogP contribution in [0, 0.1) is 11.3 Å². The minimum Gasteiger partial charge on any atom is -0.493 e. The number of fused-ring (bicyclic) bond motifs is 1. The van der Waals surface area contributed by atoms with Gasteiger partial charge in [-0.1, -0.05) is 6.07 Å². The van der Waals surface area contributed by atoms with E-state index in [9.17, 15) is 15.2 Å². The van der Waals surface area contributed by atoms with Gasteiger partial charge in [-0.15, -0.1) is 11.3 Å². The molecule has 0 saturated carbocycles. The first-order chi connectivity index (χ1) is 15.6. The molecule has 0 aliphatic carbocycles. The number of aromatic nitrogens is 2. The first-order valence-electron chi connectivity index (χ1n) is 10.1. The maximum atomic E-state index is 11.4. The van der Waals surface area contributed by atoms with Crippen LogP contribution in [0.5, 0.6) is 5.75 Å². The van der Waals surface area contributed by atoms with Crippen molar-refractivity contribution in [1.29, 1.82) is 5.26 Å². The fourth-order valence-electron chi connectivity index (χ4n) is 3.44. The predicted octanol–water partition coefficient (Wildman–Crippen LogP) is 4.98. The van der Waals surface area contributed by atoms with E-state index in [4.69, 9.17) is 4.74 Å². The van der Waals surface area contributed by atoms with E-state index in [0.717, 1.165) is 21.2 Å². The second-order valence-corrected chi connectivity index (χ2v) is 7.94. The highest BCUT2D eigenvalue weighted by Gasteiger charge is 2.13. The number of rotatable bonds is 8. The zero-order chi connectivity index (χ0) is 22.5. The summed E-state index contributed by atoms with van der Waals surface area (Å²) < 4.78 is 6.60. The van der Waals surface area contributed by atoms with Crippen LogP contribution in [0.1, 0.15) is 28.4 Å². The van der Waals surface area contributed by atoms with Gasteiger partial charge in [0.2, 0.25) is 0 Å². The molecule has 7 nitrogen and oxygen atoms in total. The first-order valence-corrected chi connectivity index (χ1v) is 10.9. The summed E-state index contributed by atoms with van der Waals surface area (Å²) in [6, 6.07) is 15.0. The van der Waals surface area contributed by atoms with E-state index in [1.807, 2.05) is 11.4 Å². The van der Waals surface area contributed by atoms with Crippen molar-refractivity contribution in [3.8, 4) is 23.1 Å². The van der Waals surface area contributed by atoms with Crippen molar-refractivity contribution < 1.29 is 14.6 Å². The maximum absolute atomic E-state index is 11.4. The Morgan fingerprint density at radius 1 is 1.22 bits per heavy atom. The molecule has 2 N–H and O–H groups in total. The molecule has 4 rings (SSSR count). The molecular formula is C24H20N4O3S. The summed E-state index contributed by atoms with van der Waals surface area (Å²) in [5.41, 5.74) is 3.17. The zero-order valence-corrected chi connectivity index (χ0v) is 18.1. The summed E-state index contributed by atoms with van der Waals surface area (Å²) in [4.78, 5) is 20.0. The topological polar surface area (TPSA) is 108 Å². The van der Waals surface area contributed by atoms with Gasteiger partial charge in [0, 0.05) is 22.9 Å². The SMILES string of the molecule is CCOc1cc(-c2cc(NCCc3cc4ccsc4cc3C#N)ncn2)ccc1C(=O)O. The third-order valence-corrected chi connectivity index (χ3v) is 5.85. The number of hydrogen-bond donors (Lipinski definition) is 2. The lowest BCUT2D eigenvalue weighted by Gasteiger charge is -2.11. The molecular weight excluding hydrogens is 424 g/mol. The van der Waals surface area contributed by atoms with E-state index in [0.29, 0.717) is 42.4 Å².